The summed E-state index contributed by atoms with van der Waals surface area (Å²) in [5.41, 5.74) is 0. The predicted octanol–water partition coefficient (Wildman–Crippen LogP) is -5.77. The third-order valence-corrected chi connectivity index (χ3v) is 0.311. The molecule has 0 atom stereocenters. The van der Waals surface area contributed by atoms with Crippen LogP contribution in [0.25, 0.3) is 0 Å². The number of hydrogen-bond acceptors (Lipinski definition) is 4. The minimum Gasteiger partial charge on any atom is -1.00 e. The summed E-state index contributed by atoms with van der Waals surface area (Å²) >= 11 is 0. The van der Waals surface area contributed by atoms with Gasteiger partial charge in [-0.3, -0.25) is 0 Å². The first-order valence-electron chi connectivity index (χ1n) is 1.03. The van der Waals surface area contributed by atoms with E-state index in [0.717, 1.165) is 0 Å². The van der Waals surface area contributed by atoms with Crippen LogP contribution in [0.2, 0.25) is 0 Å². The van der Waals surface area contributed by atoms with Gasteiger partial charge in [0, 0.05) is 0 Å². The summed E-state index contributed by atoms with van der Waals surface area (Å²) in [5.74, 6) is 0. The molecule has 8 heavy (non-hydrogen) atoms. The fourth-order valence-electron chi connectivity index (χ4n) is 0. The second-order valence-corrected chi connectivity index (χ2v) is 1.95. The molecular weight excluding hydrogens is 161 g/mol. The molecule has 0 bridgehead atoms. The van der Waals surface area contributed by atoms with Crippen LogP contribution in [0.3, 0.4) is 0 Å². The van der Waals surface area contributed by atoms with E-state index in [9.17, 15) is 4.53 Å². The number of hydrogen-bond donors (Lipinski definition) is 3. The van der Waals surface area contributed by atoms with Crippen molar-refractivity contribution in [3.8, 4) is 0 Å². The molecule has 0 aliphatic heterocycles. The molecule has 4 nitrogen and oxygen atoms in total. The van der Waals surface area contributed by atoms with E-state index in [1.807, 2.05) is 0 Å². The average Bonchev–Trinajstić information content (AvgIpc) is 1.35. The van der Waals surface area contributed by atoms with Gasteiger partial charge in [0.05, 0.1) is 0 Å². The minimum absolute atomic E-state index is 0. The zero-order valence-corrected chi connectivity index (χ0v) is 6.63. The minimum atomic E-state index is -4.80. The first kappa shape index (κ1) is 16.3. The summed E-state index contributed by atoms with van der Waals surface area (Å²) in [4.78, 5) is 22.4. The molecule has 46 valence electrons. The Hall–Kier alpha value is 1.52. The Balaban J connectivity index is -0.0000000417. The van der Waals surface area contributed by atoms with Crippen LogP contribution in [-0.2, 0) is 4.63 Å². The fourth-order valence-corrected chi connectivity index (χ4v) is 0. The van der Waals surface area contributed by atoms with E-state index in [1.165, 1.54) is 0 Å². The molecule has 0 aromatic heterocycles. The Morgan fingerprint density at radius 3 is 1.50 bits per heavy atom. The summed E-state index contributed by atoms with van der Waals surface area (Å²) in [5, 5.41) is 0. The van der Waals surface area contributed by atoms with Gasteiger partial charge >= 0.3 is 38.6 Å². The van der Waals surface area contributed by atoms with Gasteiger partial charge in [-0.1, -0.05) is 4.53 Å². The standard InChI is InChI=1S/Al.FH3O4Si.Na.4H/c;1-5-6(2,3)4;;;;;/h;2-4H;;;;;/q;;+1;;;;-1. The second-order valence-electron chi connectivity index (χ2n) is 0.651. The van der Waals surface area contributed by atoms with E-state index in [2.05, 4.69) is 4.63 Å². The summed E-state index contributed by atoms with van der Waals surface area (Å²) in [6.45, 7) is 0. The van der Waals surface area contributed by atoms with E-state index < -0.39 is 9.05 Å². The molecule has 3 N–H and O–H groups in total. The van der Waals surface area contributed by atoms with Crippen LogP contribution >= 0.6 is 0 Å². The van der Waals surface area contributed by atoms with Crippen LogP contribution in [0.1, 0.15) is 1.43 Å². The molecule has 0 unspecified atom stereocenters. The van der Waals surface area contributed by atoms with Gasteiger partial charge in [-0.2, -0.15) is 4.63 Å². The molecule has 0 aliphatic carbocycles. The fraction of sp³-hybridized carbons (Fsp3) is 0. The van der Waals surface area contributed by atoms with Crippen LogP contribution in [0.15, 0.2) is 0 Å². The van der Waals surface area contributed by atoms with E-state index in [-0.39, 0.29) is 48.3 Å². The van der Waals surface area contributed by atoms with Gasteiger partial charge in [0.1, 0.15) is 0 Å². The van der Waals surface area contributed by atoms with Gasteiger partial charge in [0.2, 0.25) is 0 Å². The van der Waals surface area contributed by atoms with Crippen LogP contribution in [0.5, 0.6) is 0 Å². The molecule has 0 spiro atoms. The van der Waals surface area contributed by atoms with Crippen molar-refractivity contribution >= 4 is 26.4 Å². The van der Waals surface area contributed by atoms with Crippen LogP contribution in [-0.4, -0.2) is 40.8 Å². The van der Waals surface area contributed by atoms with Gasteiger partial charge in [-0.25, -0.2) is 0 Å². The molecular formula is H7AlFNaO4Si. The smallest absolute Gasteiger partial charge is 1.00 e. The van der Waals surface area contributed by atoms with Crippen molar-refractivity contribution in [3.63, 3.8) is 0 Å². The first-order chi connectivity index (χ1) is 2.56. The third kappa shape index (κ3) is 15.6. The molecule has 0 saturated carbocycles. The van der Waals surface area contributed by atoms with Crippen LogP contribution < -0.4 is 29.6 Å². The Kier molecular flexibility index (Phi) is 13.5. The Morgan fingerprint density at radius 2 is 1.50 bits per heavy atom. The maximum atomic E-state index is 10.3. The van der Waals surface area contributed by atoms with Crippen molar-refractivity contribution in [1.82, 2.24) is 0 Å². The van der Waals surface area contributed by atoms with Gasteiger partial charge in [0.15, 0.2) is 17.4 Å². The van der Waals surface area contributed by atoms with Crippen molar-refractivity contribution in [2.75, 3.05) is 0 Å². The predicted molar refractivity (Wildman–Crippen MR) is 25.7 cm³/mol. The molecule has 0 aromatic rings. The summed E-state index contributed by atoms with van der Waals surface area (Å²) in [6.07, 6.45) is 0. The molecule has 0 heterocycles. The number of rotatable bonds is 1. The molecule has 8 heteroatoms. The van der Waals surface area contributed by atoms with Crippen molar-refractivity contribution in [3.05, 3.63) is 0 Å². The monoisotopic (exact) mass is 168 g/mol. The first-order valence-corrected chi connectivity index (χ1v) is 2.78. The molecule has 0 aliphatic rings. The van der Waals surface area contributed by atoms with Gasteiger partial charge in [-0.15, -0.1) is 0 Å². The Morgan fingerprint density at radius 1 is 1.38 bits per heavy atom. The zero-order valence-electron chi connectivity index (χ0n) is 4.63. The molecule has 0 saturated heterocycles. The van der Waals surface area contributed by atoms with Crippen LogP contribution in [0.4, 0.5) is 4.53 Å². The van der Waals surface area contributed by atoms with Crippen molar-refractivity contribution in [2.45, 2.75) is 0 Å². The molecule has 0 aromatic carbocycles. The Bertz CT molecular complexity index is 50.3. The van der Waals surface area contributed by atoms with E-state index in [1.54, 1.807) is 0 Å². The van der Waals surface area contributed by atoms with Gasteiger partial charge in [-0.05, 0) is 0 Å². The number of halogens is 1. The van der Waals surface area contributed by atoms with E-state index in [0.29, 0.717) is 0 Å². The van der Waals surface area contributed by atoms with E-state index >= 15 is 0 Å². The van der Waals surface area contributed by atoms with E-state index in [4.69, 9.17) is 14.4 Å². The molecule has 0 amide bonds. The normalized spacial score (nSPS) is 9.00. The maximum Gasteiger partial charge on any atom is 1.00 e. The molecule has 0 radical (unpaired) electrons. The van der Waals surface area contributed by atoms with Crippen molar-refractivity contribution in [2.24, 2.45) is 0 Å². The Labute approximate surface area is 80.6 Å². The second kappa shape index (κ2) is 6.64. The SMILES string of the molecule is O[Si](O)(O)OF.[AlH3].[H-].[Na+]. The summed E-state index contributed by atoms with van der Waals surface area (Å²) < 4.78 is 12.6. The third-order valence-electron chi connectivity index (χ3n) is 0.104. The zero-order chi connectivity index (χ0) is 5.21. The largest absolute Gasteiger partial charge is 1.00 e. The maximum absolute atomic E-state index is 10.3. The summed E-state index contributed by atoms with van der Waals surface area (Å²) in [6, 6.07) is 0. The van der Waals surface area contributed by atoms with Gasteiger partial charge < -0.3 is 15.8 Å². The summed E-state index contributed by atoms with van der Waals surface area (Å²) in [7, 11) is -4.80. The average molecular weight is 168 g/mol. The van der Waals surface area contributed by atoms with Gasteiger partial charge in [0.25, 0.3) is 0 Å². The van der Waals surface area contributed by atoms with Crippen LogP contribution in [0, 0.1) is 0 Å². The van der Waals surface area contributed by atoms with Crippen molar-refractivity contribution in [1.29, 1.82) is 0 Å². The topological polar surface area (TPSA) is 69.9 Å². The quantitative estimate of drug-likeness (QED) is 0.341. The molecule has 0 fully saturated rings. The molecule has 0 rings (SSSR count). The van der Waals surface area contributed by atoms with Crippen molar-refractivity contribution < 1.29 is 54.5 Å².